The van der Waals surface area contributed by atoms with Crippen LogP contribution in [0.5, 0.6) is 0 Å². The highest BCUT2D eigenvalue weighted by Crippen LogP contribution is 2.30. The van der Waals surface area contributed by atoms with Gasteiger partial charge in [0.15, 0.2) is 5.65 Å². The van der Waals surface area contributed by atoms with Crippen molar-refractivity contribution in [2.45, 2.75) is 70.1 Å². The summed E-state index contributed by atoms with van der Waals surface area (Å²) in [6, 6.07) is 16.8. The molecule has 0 bridgehead atoms. The molecule has 3 N–H and O–H groups in total. The third-order valence-electron chi connectivity index (χ3n) is 9.77. The topological polar surface area (TPSA) is 118 Å². The first-order chi connectivity index (χ1) is 22.5. The van der Waals surface area contributed by atoms with Crippen molar-refractivity contribution in [1.29, 1.82) is 0 Å². The van der Waals surface area contributed by atoms with Crippen LogP contribution in [0.3, 0.4) is 0 Å². The van der Waals surface area contributed by atoms with Crippen molar-refractivity contribution in [2.75, 3.05) is 33.2 Å². The minimum absolute atomic E-state index is 0.00747. The van der Waals surface area contributed by atoms with Gasteiger partial charge in [-0.05, 0) is 94.9 Å². The molecule has 0 unspecified atom stereocenters. The monoisotopic (exact) mass is 641 g/mol. The van der Waals surface area contributed by atoms with E-state index in [-0.39, 0.29) is 17.1 Å². The second-order valence-corrected chi connectivity index (χ2v) is 13.6. The number of nitrogens with two attached hydrogens (primary N) is 1. The summed E-state index contributed by atoms with van der Waals surface area (Å²) in [7, 11) is 2.13. The second-order valence-electron chi connectivity index (χ2n) is 13.6. The molecule has 2 aliphatic rings. The molecule has 0 radical (unpaired) electrons. The molecule has 11 heteroatoms. The van der Waals surface area contributed by atoms with Gasteiger partial charge in [-0.3, -0.25) is 19.1 Å². The molecule has 1 saturated carbocycles. The molecule has 248 valence electrons. The van der Waals surface area contributed by atoms with Gasteiger partial charge < -0.3 is 16.0 Å². The molecular formula is C36H44FN7O3. The summed E-state index contributed by atoms with van der Waals surface area (Å²) in [5.41, 5.74) is 7.28. The molecule has 2 aromatic carbocycles. The summed E-state index contributed by atoms with van der Waals surface area (Å²) in [6.45, 7) is 7.89. The summed E-state index contributed by atoms with van der Waals surface area (Å²) >= 11 is 0. The molecule has 2 aromatic heterocycles. The third-order valence-corrected chi connectivity index (χ3v) is 9.77. The lowest BCUT2D eigenvalue weighted by Crippen LogP contribution is -2.55. The molecule has 6 rings (SSSR count). The second kappa shape index (κ2) is 13.5. The predicted octanol–water partition coefficient (Wildman–Crippen LogP) is 3.83. The van der Waals surface area contributed by atoms with Crippen molar-refractivity contribution < 1.29 is 9.18 Å². The van der Waals surface area contributed by atoms with E-state index in [4.69, 9.17) is 5.73 Å². The van der Waals surface area contributed by atoms with Crippen molar-refractivity contribution in [1.82, 2.24) is 29.2 Å². The van der Waals surface area contributed by atoms with Crippen LogP contribution in [0.4, 0.5) is 4.39 Å². The highest BCUT2D eigenvalue weighted by molar-refractivity contribution is 5.83. The van der Waals surface area contributed by atoms with Crippen molar-refractivity contribution in [2.24, 2.45) is 5.73 Å². The minimum atomic E-state index is -0.879. The van der Waals surface area contributed by atoms with E-state index in [9.17, 15) is 18.8 Å². The lowest BCUT2D eigenvalue weighted by Gasteiger charge is -2.35. The van der Waals surface area contributed by atoms with Crippen LogP contribution < -0.4 is 22.3 Å². The van der Waals surface area contributed by atoms with Gasteiger partial charge in [0.25, 0.3) is 5.56 Å². The van der Waals surface area contributed by atoms with Gasteiger partial charge in [-0.2, -0.15) is 0 Å². The van der Waals surface area contributed by atoms with Gasteiger partial charge in [0.1, 0.15) is 5.82 Å². The molecule has 10 nitrogen and oxygen atoms in total. The number of halogens is 1. The number of rotatable bonds is 8. The number of nitrogens with one attached hydrogen (secondary N) is 1. The van der Waals surface area contributed by atoms with Crippen molar-refractivity contribution in [3.05, 3.63) is 93.0 Å². The van der Waals surface area contributed by atoms with Crippen LogP contribution in [0.1, 0.15) is 57.6 Å². The first-order valence-corrected chi connectivity index (χ1v) is 16.5. The van der Waals surface area contributed by atoms with Gasteiger partial charge in [-0.25, -0.2) is 18.7 Å². The fourth-order valence-electron chi connectivity index (χ4n) is 7.00. The van der Waals surface area contributed by atoms with Gasteiger partial charge in [-0.15, -0.1) is 0 Å². The van der Waals surface area contributed by atoms with Crippen LogP contribution in [0.25, 0.3) is 27.8 Å². The maximum atomic E-state index is 14.7. The zero-order valence-electron chi connectivity index (χ0n) is 27.4. The Bertz CT molecular complexity index is 1880. The Morgan fingerprint density at radius 1 is 0.979 bits per heavy atom. The molecule has 1 amide bonds. The Morgan fingerprint density at radius 3 is 2.45 bits per heavy atom. The molecular weight excluding hydrogens is 597 g/mol. The first-order valence-electron chi connectivity index (χ1n) is 16.5. The SMILES string of the molecule is CN1CCCN(Cc2ccc(-c3ccccc3)cc2-n2c(=O)n(C3CCC(NC(C)(C)C(N)=O)CC3)c(=O)c3cc(F)cnc32)CC1. The number of hydrogen-bond acceptors (Lipinski definition) is 7. The molecule has 47 heavy (non-hydrogen) atoms. The quantitative estimate of drug-likeness (QED) is 0.300. The van der Waals surface area contributed by atoms with Crippen LogP contribution in [0.2, 0.25) is 0 Å². The number of primary amides is 1. The van der Waals surface area contributed by atoms with Crippen molar-refractivity contribution in [3.63, 3.8) is 0 Å². The Labute approximate surface area is 274 Å². The smallest absolute Gasteiger partial charge is 0.337 e. The number of likely N-dealkylation sites (N-methyl/N-ethyl adjacent to an activating group) is 1. The number of pyridine rings is 1. The third kappa shape index (κ3) is 6.93. The van der Waals surface area contributed by atoms with E-state index in [0.717, 1.165) is 55.5 Å². The molecule has 1 aliphatic heterocycles. The number of amides is 1. The highest BCUT2D eigenvalue weighted by atomic mass is 19.1. The summed E-state index contributed by atoms with van der Waals surface area (Å²) in [5.74, 6) is -1.08. The number of fused-ring (bicyclic) bond motifs is 1. The van der Waals surface area contributed by atoms with Crippen molar-refractivity contribution >= 4 is 16.9 Å². The molecule has 1 aliphatic carbocycles. The maximum Gasteiger partial charge on any atom is 0.337 e. The summed E-state index contributed by atoms with van der Waals surface area (Å²) in [6.07, 6.45) is 4.46. The lowest BCUT2D eigenvalue weighted by atomic mass is 9.89. The zero-order chi connectivity index (χ0) is 33.3. The van der Waals surface area contributed by atoms with Gasteiger partial charge in [0.05, 0.1) is 22.8 Å². The van der Waals surface area contributed by atoms with Gasteiger partial charge in [-0.1, -0.05) is 42.5 Å². The Hall–Kier alpha value is -4.19. The van der Waals surface area contributed by atoms with E-state index in [1.54, 1.807) is 13.8 Å². The fourth-order valence-corrected chi connectivity index (χ4v) is 7.00. The van der Waals surface area contributed by atoms with Crippen LogP contribution in [0, 0.1) is 5.82 Å². The van der Waals surface area contributed by atoms with E-state index < -0.39 is 34.6 Å². The van der Waals surface area contributed by atoms with Crippen molar-refractivity contribution in [3.8, 4) is 16.8 Å². The Kier molecular flexibility index (Phi) is 9.41. The largest absolute Gasteiger partial charge is 0.368 e. The van der Waals surface area contributed by atoms with Gasteiger partial charge >= 0.3 is 5.69 Å². The van der Waals surface area contributed by atoms with E-state index >= 15 is 0 Å². The number of nitrogens with zero attached hydrogens (tertiary/aromatic N) is 5. The summed E-state index contributed by atoms with van der Waals surface area (Å²) in [5, 5.41) is 3.40. The van der Waals surface area contributed by atoms with Crippen LogP contribution in [-0.4, -0.2) is 74.6 Å². The molecule has 0 atom stereocenters. The molecule has 0 spiro atoms. The lowest BCUT2D eigenvalue weighted by molar-refractivity contribution is -0.123. The fraction of sp³-hybridized carbons (Fsp3) is 0.444. The van der Waals surface area contributed by atoms with E-state index in [0.29, 0.717) is 37.9 Å². The number of carbonyl (C=O) groups excluding carboxylic acids is 1. The number of aromatic nitrogens is 3. The van der Waals surface area contributed by atoms with E-state index in [1.165, 1.54) is 15.2 Å². The Morgan fingerprint density at radius 2 is 1.72 bits per heavy atom. The molecule has 1 saturated heterocycles. The zero-order valence-corrected chi connectivity index (χ0v) is 27.4. The van der Waals surface area contributed by atoms with E-state index in [1.807, 2.05) is 36.4 Å². The summed E-state index contributed by atoms with van der Waals surface area (Å²) in [4.78, 5) is 49.7. The van der Waals surface area contributed by atoms with E-state index in [2.05, 4.69) is 39.3 Å². The first kappa shape index (κ1) is 32.7. The number of benzene rings is 2. The normalized spacial score (nSPS) is 19.9. The van der Waals surface area contributed by atoms with Crippen LogP contribution >= 0.6 is 0 Å². The number of carbonyl (C=O) groups is 1. The predicted molar refractivity (Wildman–Crippen MR) is 182 cm³/mol. The standard InChI is InChI=1S/C36H44FN7O3/c1-36(2,34(38)46)40-28-12-14-29(15-13-28)43-33(45)30-21-27(37)22-39-32(30)44(35(43)47)31-20-25(24-8-5-4-6-9-24)10-11-26(31)23-42-17-7-16-41(3)18-19-42/h4-6,8-11,20-22,28-29,40H,7,12-19,23H2,1-3H3,(H2,38,46). The number of hydrogen-bond donors (Lipinski definition) is 2. The molecule has 3 heterocycles. The maximum absolute atomic E-state index is 14.7. The average Bonchev–Trinajstić information content (AvgIpc) is 3.26. The van der Waals surface area contributed by atoms with Crippen LogP contribution in [0.15, 0.2) is 70.4 Å². The Balaban J connectivity index is 1.47. The molecule has 2 fully saturated rings. The average molecular weight is 642 g/mol. The molecule has 4 aromatic rings. The summed E-state index contributed by atoms with van der Waals surface area (Å²) < 4.78 is 17.5. The van der Waals surface area contributed by atoms with Gasteiger partial charge in [0, 0.05) is 31.7 Å². The van der Waals surface area contributed by atoms with Crippen LogP contribution in [-0.2, 0) is 11.3 Å². The highest BCUT2D eigenvalue weighted by Gasteiger charge is 2.32. The minimum Gasteiger partial charge on any atom is -0.368 e. The van der Waals surface area contributed by atoms with Gasteiger partial charge in [0.2, 0.25) is 5.91 Å².